The lowest BCUT2D eigenvalue weighted by Gasteiger charge is -2.24. The molecule has 0 fully saturated rings. The van der Waals surface area contributed by atoms with Crippen LogP contribution in [0.3, 0.4) is 0 Å². The molecular formula is C21H22N2O4S. The lowest BCUT2D eigenvalue weighted by atomic mass is 9.82. The molecule has 28 heavy (non-hydrogen) atoms. The van der Waals surface area contributed by atoms with E-state index < -0.39 is 29.6 Å². The van der Waals surface area contributed by atoms with E-state index in [2.05, 4.69) is 5.32 Å². The maximum atomic E-state index is 12.7. The second kappa shape index (κ2) is 7.98. The van der Waals surface area contributed by atoms with Crippen molar-refractivity contribution in [1.82, 2.24) is 0 Å². The summed E-state index contributed by atoms with van der Waals surface area (Å²) in [5.41, 5.74) is 9.59. The summed E-state index contributed by atoms with van der Waals surface area (Å²) in [5, 5.41) is 14.3. The fraction of sp³-hybridized carbons (Fsp3) is 0.286. The number of nitrogens with one attached hydrogen (secondary N) is 1. The Balaban J connectivity index is 1.92. The van der Waals surface area contributed by atoms with E-state index in [-0.39, 0.29) is 5.56 Å². The van der Waals surface area contributed by atoms with Crippen LogP contribution in [-0.4, -0.2) is 22.9 Å². The number of aryl methyl sites for hydroxylation is 2. The topological polar surface area (TPSA) is 109 Å². The van der Waals surface area contributed by atoms with Gasteiger partial charge in [0.15, 0.2) is 0 Å². The van der Waals surface area contributed by atoms with Gasteiger partial charge in [0.1, 0.15) is 5.00 Å². The van der Waals surface area contributed by atoms with Gasteiger partial charge in [-0.05, 0) is 43.4 Å². The number of carboxylic acid groups (broad SMARTS) is 1. The molecule has 1 aliphatic carbocycles. The number of carbonyl (C=O) groups is 3. The van der Waals surface area contributed by atoms with E-state index in [1.807, 2.05) is 38.1 Å². The molecule has 0 saturated carbocycles. The summed E-state index contributed by atoms with van der Waals surface area (Å²) < 4.78 is 0. The minimum Gasteiger partial charge on any atom is -0.481 e. The zero-order valence-corrected chi connectivity index (χ0v) is 16.5. The first-order chi connectivity index (χ1) is 13.3. The molecule has 1 heterocycles. The maximum Gasteiger partial charge on any atom is 0.307 e. The number of thiophene rings is 1. The first kappa shape index (κ1) is 19.8. The highest BCUT2D eigenvalue weighted by molar-refractivity contribution is 7.15. The van der Waals surface area contributed by atoms with Crippen molar-refractivity contribution in [3.63, 3.8) is 0 Å². The third-order valence-corrected chi connectivity index (χ3v) is 6.07. The molecule has 146 valence electrons. The fourth-order valence-corrected chi connectivity index (χ4v) is 4.37. The summed E-state index contributed by atoms with van der Waals surface area (Å²) in [6.45, 7) is 3.99. The number of hydrogen-bond donors (Lipinski definition) is 3. The van der Waals surface area contributed by atoms with Crippen molar-refractivity contribution in [3.05, 3.63) is 52.4 Å². The van der Waals surface area contributed by atoms with Gasteiger partial charge in [0, 0.05) is 10.9 Å². The molecule has 1 aromatic carbocycles. The second-order valence-corrected chi connectivity index (χ2v) is 7.88. The van der Waals surface area contributed by atoms with Gasteiger partial charge in [-0.2, -0.15) is 0 Å². The number of benzene rings is 1. The smallest absolute Gasteiger partial charge is 0.307 e. The van der Waals surface area contributed by atoms with Crippen molar-refractivity contribution in [2.75, 3.05) is 5.32 Å². The molecular weight excluding hydrogens is 376 g/mol. The molecule has 3 rings (SSSR count). The summed E-state index contributed by atoms with van der Waals surface area (Å²) in [6.07, 6.45) is 4.26. The van der Waals surface area contributed by atoms with Crippen LogP contribution >= 0.6 is 11.3 Å². The van der Waals surface area contributed by atoms with Gasteiger partial charge in [-0.25, -0.2) is 0 Å². The van der Waals surface area contributed by atoms with Crippen LogP contribution in [0.2, 0.25) is 0 Å². The Bertz CT molecular complexity index is 977. The van der Waals surface area contributed by atoms with Crippen molar-refractivity contribution >= 4 is 34.1 Å². The molecule has 0 spiro atoms. The average Bonchev–Trinajstić information content (AvgIpc) is 3.07. The zero-order chi connectivity index (χ0) is 20.4. The van der Waals surface area contributed by atoms with Gasteiger partial charge in [-0.1, -0.05) is 30.4 Å². The first-order valence-electron chi connectivity index (χ1n) is 8.97. The van der Waals surface area contributed by atoms with E-state index in [1.165, 1.54) is 11.3 Å². The number of allylic oxidation sites excluding steroid dienone is 2. The molecule has 0 saturated heterocycles. The van der Waals surface area contributed by atoms with Crippen molar-refractivity contribution < 1.29 is 19.5 Å². The van der Waals surface area contributed by atoms with Crippen LogP contribution in [-0.2, 0) is 9.59 Å². The van der Waals surface area contributed by atoms with Crippen molar-refractivity contribution in [1.29, 1.82) is 0 Å². The summed E-state index contributed by atoms with van der Waals surface area (Å²) >= 11 is 1.21. The van der Waals surface area contributed by atoms with Gasteiger partial charge >= 0.3 is 5.97 Å². The average molecular weight is 398 g/mol. The van der Waals surface area contributed by atoms with E-state index in [9.17, 15) is 19.5 Å². The quantitative estimate of drug-likeness (QED) is 0.667. The molecule has 1 aliphatic rings. The molecule has 7 heteroatoms. The van der Waals surface area contributed by atoms with Crippen LogP contribution in [0.1, 0.15) is 34.3 Å². The van der Waals surface area contributed by atoms with Gasteiger partial charge in [0.05, 0.1) is 17.4 Å². The van der Waals surface area contributed by atoms with E-state index >= 15 is 0 Å². The number of carboxylic acids is 1. The molecule has 6 nitrogen and oxygen atoms in total. The lowest BCUT2D eigenvalue weighted by molar-refractivity contribution is -0.146. The van der Waals surface area contributed by atoms with Crippen LogP contribution < -0.4 is 11.1 Å². The maximum absolute atomic E-state index is 12.7. The van der Waals surface area contributed by atoms with Crippen LogP contribution in [0, 0.1) is 25.7 Å². The predicted molar refractivity (Wildman–Crippen MR) is 109 cm³/mol. The van der Waals surface area contributed by atoms with Crippen LogP contribution in [0.4, 0.5) is 5.00 Å². The molecule has 4 N–H and O–H groups in total. The number of nitrogens with two attached hydrogens (primary N) is 1. The molecule has 0 aliphatic heterocycles. The van der Waals surface area contributed by atoms with E-state index in [4.69, 9.17) is 5.73 Å². The van der Waals surface area contributed by atoms with E-state index in [0.29, 0.717) is 23.4 Å². The lowest BCUT2D eigenvalue weighted by Crippen LogP contribution is -2.35. The van der Waals surface area contributed by atoms with E-state index in [0.717, 1.165) is 16.7 Å². The summed E-state index contributed by atoms with van der Waals surface area (Å²) in [4.78, 5) is 36.3. The summed E-state index contributed by atoms with van der Waals surface area (Å²) in [6, 6.07) is 5.85. The Hall–Kier alpha value is -2.93. The first-order valence-corrected chi connectivity index (χ1v) is 9.85. The van der Waals surface area contributed by atoms with Gasteiger partial charge in [-0.3, -0.25) is 14.4 Å². The number of hydrogen-bond acceptors (Lipinski definition) is 4. The minimum absolute atomic E-state index is 0.250. The number of anilines is 1. The molecule has 2 atom stereocenters. The number of primary amides is 1. The number of aliphatic carboxylic acids is 1. The Labute approximate surface area is 167 Å². The minimum atomic E-state index is -0.998. The third kappa shape index (κ3) is 3.84. The van der Waals surface area contributed by atoms with Crippen molar-refractivity contribution in [2.24, 2.45) is 17.6 Å². The van der Waals surface area contributed by atoms with Gasteiger partial charge in [0.25, 0.3) is 5.91 Å². The van der Waals surface area contributed by atoms with Crippen molar-refractivity contribution in [3.8, 4) is 11.1 Å². The number of amides is 2. The Morgan fingerprint density at radius 1 is 1.11 bits per heavy atom. The second-order valence-electron chi connectivity index (χ2n) is 7.00. The third-order valence-electron chi connectivity index (χ3n) is 5.18. The molecule has 2 aromatic rings. The SMILES string of the molecule is Cc1ccc(-c2csc(NC(=O)[C@H]3CC=CC[C@H]3C(=O)O)c2C(N)=O)cc1C. The molecule has 0 radical (unpaired) electrons. The summed E-state index contributed by atoms with van der Waals surface area (Å²) in [7, 11) is 0. The monoisotopic (exact) mass is 398 g/mol. The number of carbonyl (C=O) groups excluding carboxylic acids is 2. The van der Waals surface area contributed by atoms with Crippen LogP contribution in [0.15, 0.2) is 35.7 Å². The van der Waals surface area contributed by atoms with Gasteiger partial charge < -0.3 is 16.2 Å². The normalized spacial score (nSPS) is 18.6. The predicted octanol–water partition coefficient (Wildman–Crippen LogP) is 3.74. The Morgan fingerprint density at radius 3 is 2.39 bits per heavy atom. The molecule has 2 amide bonds. The van der Waals surface area contributed by atoms with E-state index in [1.54, 1.807) is 11.5 Å². The Kier molecular flexibility index (Phi) is 5.65. The highest BCUT2D eigenvalue weighted by atomic mass is 32.1. The van der Waals surface area contributed by atoms with Gasteiger partial charge in [-0.15, -0.1) is 11.3 Å². The zero-order valence-electron chi connectivity index (χ0n) is 15.7. The molecule has 0 bridgehead atoms. The largest absolute Gasteiger partial charge is 0.481 e. The van der Waals surface area contributed by atoms with Gasteiger partial charge in [0.2, 0.25) is 5.91 Å². The highest BCUT2D eigenvalue weighted by Crippen LogP contribution is 2.37. The standard InChI is InChI=1S/C21H22N2O4S/c1-11-7-8-13(9-12(11)2)16-10-28-20(17(16)18(22)24)23-19(25)14-5-3-4-6-15(14)21(26)27/h3-4,7-10,14-15H,5-6H2,1-2H3,(H2,22,24)(H,23,25)(H,26,27)/t14-,15+/m0/s1. The molecule has 1 aromatic heterocycles. The number of rotatable bonds is 5. The fourth-order valence-electron chi connectivity index (χ4n) is 3.40. The Morgan fingerprint density at radius 2 is 1.79 bits per heavy atom. The van der Waals surface area contributed by atoms with Crippen molar-refractivity contribution in [2.45, 2.75) is 26.7 Å². The summed E-state index contributed by atoms with van der Waals surface area (Å²) in [5.74, 6) is -3.51. The van der Waals surface area contributed by atoms with Crippen LogP contribution in [0.25, 0.3) is 11.1 Å². The van der Waals surface area contributed by atoms with Crippen LogP contribution in [0.5, 0.6) is 0 Å². The highest BCUT2D eigenvalue weighted by Gasteiger charge is 2.34. The molecule has 0 unspecified atom stereocenters.